The first-order valence-corrected chi connectivity index (χ1v) is 12.5. The molecule has 3 heterocycles. The van der Waals surface area contributed by atoms with Crippen molar-refractivity contribution < 1.29 is 24.1 Å². The van der Waals surface area contributed by atoms with Crippen molar-refractivity contribution >= 4 is 51.5 Å². The number of thioether (sulfide) groups is 1. The van der Waals surface area contributed by atoms with E-state index in [1.807, 2.05) is 25.8 Å². The fourth-order valence-electron chi connectivity index (χ4n) is 4.85. The van der Waals surface area contributed by atoms with Crippen LogP contribution in [0.15, 0.2) is 48.5 Å². The van der Waals surface area contributed by atoms with E-state index in [1.165, 1.54) is 31.0 Å². The summed E-state index contributed by atoms with van der Waals surface area (Å²) in [6.45, 7) is 4.03. The zero-order valence-corrected chi connectivity index (χ0v) is 21.6. The van der Waals surface area contributed by atoms with Crippen LogP contribution < -0.4 is 9.64 Å². The first-order valence-electron chi connectivity index (χ1n) is 11.2. The SMILES string of the molecule is COc1ccc(N2C(=O)[C@H]3[C@@H](ON([C@@H]4SC(=S)N(C)C4(C)C)[C@H]3c3ccc([N+](=O)[O-])cc3)C2=O)cc1. The Bertz CT molecular complexity index is 1250. The Balaban J connectivity index is 1.56. The lowest BCUT2D eigenvalue weighted by Crippen LogP contribution is -2.51. The molecule has 2 amide bonds. The van der Waals surface area contributed by atoms with Gasteiger partial charge in [-0.3, -0.25) is 24.5 Å². The predicted octanol–water partition coefficient (Wildman–Crippen LogP) is 3.52. The minimum absolute atomic E-state index is 0.0640. The van der Waals surface area contributed by atoms with E-state index in [9.17, 15) is 19.7 Å². The topological polar surface area (TPSA) is 105 Å². The standard InChI is InChI=1S/C24H24N4O6S2/c1-24(2)22(36-23(35)25(24)3)27-18(13-5-7-15(8-6-13)28(31)32)17-19(34-27)21(30)26(20(17)29)14-9-11-16(33-4)12-10-14/h5-12,17-19,22H,1-4H3/t17-,18+,19-,22-/m1/s1. The highest BCUT2D eigenvalue weighted by Crippen LogP contribution is 2.52. The Labute approximate surface area is 217 Å². The average Bonchev–Trinajstić information content (AvgIpc) is 3.43. The lowest BCUT2D eigenvalue weighted by Gasteiger charge is -2.39. The number of rotatable bonds is 5. The summed E-state index contributed by atoms with van der Waals surface area (Å²) in [5, 5.41) is 12.6. The summed E-state index contributed by atoms with van der Waals surface area (Å²) in [4.78, 5) is 47.4. The Morgan fingerprint density at radius 2 is 1.72 bits per heavy atom. The maximum atomic E-state index is 13.8. The molecule has 3 aliphatic rings. The fourth-order valence-corrected chi connectivity index (χ4v) is 6.68. The van der Waals surface area contributed by atoms with E-state index in [-0.39, 0.29) is 11.1 Å². The molecule has 2 aromatic rings. The largest absolute Gasteiger partial charge is 0.497 e. The molecule has 3 saturated heterocycles. The van der Waals surface area contributed by atoms with Gasteiger partial charge in [0.15, 0.2) is 6.10 Å². The van der Waals surface area contributed by atoms with E-state index >= 15 is 0 Å². The number of hydrogen-bond acceptors (Lipinski definition) is 9. The molecule has 12 heteroatoms. The van der Waals surface area contributed by atoms with Crippen LogP contribution in [0.1, 0.15) is 25.5 Å². The number of fused-ring (bicyclic) bond motifs is 1. The number of methoxy groups -OCH3 is 1. The first-order chi connectivity index (χ1) is 17.1. The second-order valence-corrected chi connectivity index (χ2v) is 11.1. The number of hydroxylamine groups is 2. The Kier molecular flexibility index (Phi) is 6.02. The molecule has 0 radical (unpaired) electrons. The maximum Gasteiger partial charge on any atom is 0.269 e. The van der Waals surface area contributed by atoms with Crippen molar-refractivity contribution in [2.24, 2.45) is 5.92 Å². The summed E-state index contributed by atoms with van der Waals surface area (Å²) in [6.07, 6.45) is -1.03. The normalized spacial score (nSPS) is 27.6. The Morgan fingerprint density at radius 3 is 2.25 bits per heavy atom. The van der Waals surface area contributed by atoms with E-state index in [4.69, 9.17) is 21.8 Å². The van der Waals surface area contributed by atoms with Crippen molar-refractivity contribution in [3.63, 3.8) is 0 Å². The molecule has 2 aromatic carbocycles. The zero-order chi connectivity index (χ0) is 25.9. The fraction of sp³-hybridized carbons (Fsp3) is 0.375. The zero-order valence-electron chi connectivity index (χ0n) is 20.0. The molecule has 3 aliphatic heterocycles. The van der Waals surface area contributed by atoms with E-state index < -0.39 is 40.3 Å². The maximum absolute atomic E-state index is 13.8. The monoisotopic (exact) mass is 528 g/mol. The van der Waals surface area contributed by atoms with Crippen LogP contribution in [0, 0.1) is 16.0 Å². The number of benzene rings is 2. The summed E-state index contributed by atoms with van der Waals surface area (Å²) < 4.78 is 5.86. The van der Waals surface area contributed by atoms with Crippen molar-refractivity contribution in [2.75, 3.05) is 19.1 Å². The molecule has 0 N–H and O–H groups in total. The number of imide groups is 1. The van der Waals surface area contributed by atoms with Gasteiger partial charge in [0.25, 0.3) is 11.6 Å². The number of nitro groups is 1. The predicted molar refractivity (Wildman–Crippen MR) is 137 cm³/mol. The van der Waals surface area contributed by atoms with Crippen molar-refractivity contribution in [1.82, 2.24) is 9.96 Å². The third-order valence-corrected chi connectivity index (χ3v) is 9.15. The van der Waals surface area contributed by atoms with Crippen LogP contribution in [0.4, 0.5) is 11.4 Å². The number of non-ortho nitro benzene ring substituents is 1. The number of anilines is 1. The van der Waals surface area contributed by atoms with Gasteiger partial charge in [0.1, 0.15) is 15.4 Å². The van der Waals surface area contributed by atoms with Crippen LogP contribution in [-0.2, 0) is 14.4 Å². The van der Waals surface area contributed by atoms with E-state index in [2.05, 4.69) is 0 Å². The number of likely N-dealkylation sites (N-methyl/N-ethyl adjacent to an activating group) is 1. The second-order valence-electron chi connectivity index (χ2n) is 9.36. The van der Waals surface area contributed by atoms with Gasteiger partial charge in [-0.05, 0) is 43.7 Å². The van der Waals surface area contributed by atoms with Crippen LogP contribution >= 0.6 is 24.0 Å². The number of nitrogens with zero attached hydrogens (tertiary/aromatic N) is 4. The molecule has 10 nitrogen and oxygen atoms in total. The summed E-state index contributed by atoms with van der Waals surface area (Å²) >= 11 is 6.96. The van der Waals surface area contributed by atoms with Gasteiger partial charge in [-0.2, -0.15) is 5.06 Å². The molecular weight excluding hydrogens is 504 g/mol. The number of thiocarbonyl (C=S) groups is 1. The summed E-state index contributed by atoms with van der Waals surface area (Å²) in [6, 6.07) is 12.0. The lowest BCUT2D eigenvalue weighted by molar-refractivity contribution is -0.384. The number of ether oxygens (including phenoxy) is 1. The molecule has 36 heavy (non-hydrogen) atoms. The number of nitro benzene ring substituents is 1. The molecule has 0 bridgehead atoms. The van der Waals surface area contributed by atoms with Gasteiger partial charge < -0.3 is 9.64 Å². The quantitative estimate of drug-likeness (QED) is 0.248. The van der Waals surface area contributed by atoms with E-state index in [1.54, 1.807) is 41.5 Å². The van der Waals surface area contributed by atoms with Crippen molar-refractivity contribution in [3.05, 3.63) is 64.2 Å². The molecule has 3 fully saturated rings. The third kappa shape index (κ3) is 3.67. The first kappa shape index (κ1) is 24.6. The second kappa shape index (κ2) is 8.80. The van der Waals surface area contributed by atoms with Gasteiger partial charge in [-0.1, -0.05) is 36.1 Å². The number of carbonyl (C=O) groups is 2. The number of carbonyl (C=O) groups excluding carboxylic acids is 2. The average molecular weight is 529 g/mol. The number of amides is 2. The minimum atomic E-state index is -1.03. The third-order valence-electron chi connectivity index (χ3n) is 7.11. The van der Waals surface area contributed by atoms with Gasteiger partial charge >= 0.3 is 0 Å². The Hall–Kier alpha value is -3.06. The van der Waals surface area contributed by atoms with Crippen LogP contribution in [0.25, 0.3) is 0 Å². The van der Waals surface area contributed by atoms with Crippen molar-refractivity contribution in [2.45, 2.75) is 36.9 Å². The van der Waals surface area contributed by atoms with Gasteiger partial charge in [-0.15, -0.1) is 0 Å². The molecular formula is C24H24N4O6S2. The van der Waals surface area contributed by atoms with Gasteiger partial charge in [0, 0.05) is 19.2 Å². The Morgan fingerprint density at radius 1 is 1.08 bits per heavy atom. The van der Waals surface area contributed by atoms with Crippen LogP contribution in [0.5, 0.6) is 5.75 Å². The number of hydrogen-bond donors (Lipinski definition) is 0. The smallest absolute Gasteiger partial charge is 0.269 e. The molecule has 188 valence electrons. The molecule has 0 aromatic heterocycles. The summed E-state index contributed by atoms with van der Waals surface area (Å²) in [5.74, 6) is -1.08. The van der Waals surface area contributed by atoms with Crippen LogP contribution in [0.2, 0.25) is 0 Å². The molecule has 4 atom stereocenters. The molecule has 0 saturated carbocycles. The lowest BCUT2D eigenvalue weighted by atomic mass is 9.90. The summed E-state index contributed by atoms with van der Waals surface area (Å²) in [5.41, 5.74) is 0.532. The minimum Gasteiger partial charge on any atom is -0.497 e. The van der Waals surface area contributed by atoms with E-state index in [0.717, 1.165) is 4.90 Å². The highest BCUT2D eigenvalue weighted by Gasteiger charge is 2.63. The van der Waals surface area contributed by atoms with Gasteiger partial charge in [0.05, 0.1) is 35.2 Å². The van der Waals surface area contributed by atoms with Crippen LogP contribution in [0.3, 0.4) is 0 Å². The molecule has 5 rings (SSSR count). The van der Waals surface area contributed by atoms with E-state index in [0.29, 0.717) is 21.3 Å². The van der Waals surface area contributed by atoms with Crippen molar-refractivity contribution in [1.29, 1.82) is 0 Å². The van der Waals surface area contributed by atoms with Crippen LogP contribution in [-0.4, -0.2) is 62.2 Å². The highest BCUT2D eigenvalue weighted by atomic mass is 32.2. The van der Waals surface area contributed by atoms with Gasteiger partial charge in [-0.25, -0.2) is 4.90 Å². The molecule has 0 unspecified atom stereocenters. The molecule has 0 spiro atoms. The summed E-state index contributed by atoms with van der Waals surface area (Å²) in [7, 11) is 3.43. The highest BCUT2D eigenvalue weighted by molar-refractivity contribution is 8.23. The molecule has 0 aliphatic carbocycles. The van der Waals surface area contributed by atoms with Gasteiger partial charge in [0.2, 0.25) is 5.91 Å². The van der Waals surface area contributed by atoms with Crippen molar-refractivity contribution in [3.8, 4) is 5.75 Å².